The fourth-order valence-electron chi connectivity index (χ4n) is 2.13. The fourth-order valence-corrected chi connectivity index (χ4v) is 4.33. The second-order valence-electron chi connectivity index (χ2n) is 4.56. The Labute approximate surface area is 115 Å². The molecule has 1 aliphatic carbocycles. The topological polar surface area (TPSA) is 104 Å². The fraction of sp³-hybridized carbons (Fsp3) is 0.545. The quantitative estimate of drug-likeness (QED) is 0.749. The van der Waals surface area contributed by atoms with E-state index in [1.54, 1.807) is 0 Å². The average Bonchev–Trinajstić information content (AvgIpc) is 2.95. The SMILES string of the molecule is O=C(O)c1cc(S(=O)(=O)NCC2CCCC2O)cs1. The Kier molecular flexibility index (Phi) is 4.24. The Bertz CT molecular complexity index is 565. The minimum absolute atomic E-state index is 0.0127. The van der Waals surface area contributed by atoms with E-state index < -0.39 is 22.1 Å². The van der Waals surface area contributed by atoms with Gasteiger partial charge in [0.15, 0.2) is 0 Å². The molecule has 0 aromatic carbocycles. The Hall–Kier alpha value is -0.960. The first-order valence-electron chi connectivity index (χ1n) is 5.89. The van der Waals surface area contributed by atoms with Gasteiger partial charge in [-0.2, -0.15) is 0 Å². The lowest BCUT2D eigenvalue weighted by Crippen LogP contribution is -2.32. The first kappa shape index (κ1) is 14.4. The number of hydrogen-bond donors (Lipinski definition) is 3. The molecule has 0 saturated heterocycles. The van der Waals surface area contributed by atoms with Crippen molar-refractivity contribution in [3.05, 3.63) is 16.3 Å². The van der Waals surface area contributed by atoms with Crippen LogP contribution in [0.1, 0.15) is 28.9 Å². The van der Waals surface area contributed by atoms with Crippen molar-refractivity contribution in [2.75, 3.05) is 6.54 Å². The van der Waals surface area contributed by atoms with Crippen molar-refractivity contribution in [3.8, 4) is 0 Å². The van der Waals surface area contributed by atoms with Gasteiger partial charge in [-0.25, -0.2) is 17.9 Å². The molecule has 3 N–H and O–H groups in total. The third kappa shape index (κ3) is 3.33. The highest BCUT2D eigenvalue weighted by molar-refractivity contribution is 7.89. The van der Waals surface area contributed by atoms with Gasteiger partial charge in [-0.05, 0) is 24.8 Å². The second-order valence-corrected chi connectivity index (χ2v) is 7.24. The summed E-state index contributed by atoms with van der Waals surface area (Å²) in [5.74, 6) is -1.20. The Morgan fingerprint density at radius 2 is 2.21 bits per heavy atom. The molecule has 1 aromatic heterocycles. The molecule has 1 fully saturated rings. The van der Waals surface area contributed by atoms with Crippen LogP contribution >= 0.6 is 11.3 Å². The predicted molar refractivity (Wildman–Crippen MR) is 69.8 cm³/mol. The van der Waals surface area contributed by atoms with Gasteiger partial charge in [-0.3, -0.25) is 0 Å². The van der Waals surface area contributed by atoms with Crippen LogP contribution in [0.4, 0.5) is 0 Å². The summed E-state index contributed by atoms with van der Waals surface area (Å²) in [6.45, 7) is 0.182. The number of hydrogen-bond acceptors (Lipinski definition) is 5. The van der Waals surface area contributed by atoms with Gasteiger partial charge in [-0.1, -0.05) is 6.42 Å². The lowest BCUT2D eigenvalue weighted by molar-refractivity contribution is 0.0702. The largest absolute Gasteiger partial charge is 0.477 e. The van der Waals surface area contributed by atoms with E-state index in [2.05, 4.69) is 4.72 Å². The van der Waals surface area contributed by atoms with Gasteiger partial charge >= 0.3 is 5.97 Å². The van der Waals surface area contributed by atoms with Gasteiger partial charge in [0.2, 0.25) is 10.0 Å². The molecule has 8 heteroatoms. The molecule has 0 aliphatic heterocycles. The molecule has 6 nitrogen and oxygen atoms in total. The molecule has 19 heavy (non-hydrogen) atoms. The standard InChI is InChI=1S/C11H15NO5S2/c13-9-3-1-2-7(9)5-12-19(16,17)8-4-10(11(14)15)18-6-8/h4,6-7,9,12-13H,1-3,5H2,(H,14,15). The molecule has 1 heterocycles. The van der Waals surface area contributed by atoms with Crippen molar-refractivity contribution in [1.82, 2.24) is 4.72 Å². The molecule has 0 bridgehead atoms. The summed E-state index contributed by atoms with van der Waals surface area (Å²) in [6.07, 6.45) is 1.94. The zero-order valence-corrected chi connectivity index (χ0v) is 11.7. The van der Waals surface area contributed by atoms with Crippen LogP contribution in [-0.4, -0.2) is 37.2 Å². The third-order valence-electron chi connectivity index (χ3n) is 3.25. The van der Waals surface area contributed by atoms with Crippen molar-refractivity contribution in [3.63, 3.8) is 0 Å². The summed E-state index contributed by atoms with van der Waals surface area (Å²) in [6, 6.07) is 1.14. The molecule has 1 aromatic rings. The molecular formula is C11H15NO5S2. The summed E-state index contributed by atoms with van der Waals surface area (Å²) < 4.78 is 26.3. The smallest absolute Gasteiger partial charge is 0.345 e. The number of thiophene rings is 1. The third-order valence-corrected chi connectivity index (χ3v) is 5.72. The average molecular weight is 305 g/mol. The molecule has 1 saturated carbocycles. The highest BCUT2D eigenvalue weighted by atomic mass is 32.2. The number of carboxylic acid groups (broad SMARTS) is 1. The number of carbonyl (C=O) groups is 1. The minimum atomic E-state index is -3.70. The van der Waals surface area contributed by atoms with E-state index in [4.69, 9.17) is 5.11 Å². The highest BCUT2D eigenvalue weighted by Crippen LogP contribution is 2.25. The van der Waals surface area contributed by atoms with Gasteiger partial charge < -0.3 is 10.2 Å². The van der Waals surface area contributed by atoms with Crippen molar-refractivity contribution >= 4 is 27.3 Å². The van der Waals surface area contributed by atoms with Crippen molar-refractivity contribution in [2.45, 2.75) is 30.3 Å². The van der Waals surface area contributed by atoms with E-state index in [1.165, 1.54) is 5.38 Å². The number of aliphatic hydroxyl groups is 1. The van der Waals surface area contributed by atoms with Gasteiger partial charge in [0.25, 0.3) is 0 Å². The maximum atomic E-state index is 12.0. The van der Waals surface area contributed by atoms with Gasteiger partial charge in [0, 0.05) is 11.9 Å². The van der Waals surface area contributed by atoms with E-state index in [1.807, 2.05) is 0 Å². The van der Waals surface area contributed by atoms with E-state index in [0.29, 0.717) is 6.42 Å². The number of rotatable bonds is 5. The Morgan fingerprint density at radius 1 is 1.47 bits per heavy atom. The summed E-state index contributed by atoms with van der Waals surface area (Å²) >= 11 is 0.875. The van der Waals surface area contributed by atoms with Crippen molar-refractivity contribution in [1.29, 1.82) is 0 Å². The minimum Gasteiger partial charge on any atom is -0.477 e. The first-order chi connectivity index (χ1) is 8.90. The van der Waals surface area contributed by atoms with Crippen LogP contribution < -0.4 is 4.72 Å². The molecule has 2 unspecified atom stereocenters. The molecule has 2 atom stereocenters. The number of nitrogens with one attached hydrogen (secondary N) is 1. The normalized spacial score (nSPS) is 23.6. The zero-order chi connectivity index (χ0) is 14.0. The summed E-state index contributed by atoms with van der Waals surface area (Å²) in [5.41, 5.74) is 0. The molecular weight excluding hydrogens is 290 g/mol. The van der Waals surface area contributed by atoms with Crippen LogP contribution in [0.2, 0.25) is 0 Å². The summed E-state index contributed by atoms with van der Waals surface area (Å²) in [5, 5.41) is 19.7. The maximum Gasteiger partial charge on any atom is 0.345 e. The summed E-state index contributed by atoms with van der Waals surface area (Å²) in [7, 11) is -3.70. The molecule has 0 spiro atoms. The number of aliphatic hydroxyl groups excluding tert-OH is 1. The van der Waals surface area contributed by atoms with Crippen LogP contribution in [0.3, 0.4) is 0 Å². The van der Waals surface area contributed by atoms with Gasteiger partial charge in [0.1, 0.15) is 4.88 Å². The molecule has 106 valence electrons. The summed E-state index contributed by atoms with van der Waals surface area (Å²) in [4.78, 5) is 10.7. The van der Waals surface area contributed by atoms with E-state index in [0.717, 1.165) is 30.2 Å². The molecule has 0 radical (unpaired) electrons. The first-order valence-corrected chi connectivity index (χ1v) is 8.26. The monoisotopic (exact) mass is 305 g/mol. The lowest BCUT2D eigenvalue weighted by atomic mass is 10.1. The van der Waals surface area contributed by atoms with Gasteiger partial charge in [-0.15, -0.1) is 11.3 Å². The van der Waals surface area contributed by atoms with Crippen LogP contribution in [-0.2, 0) is 10.0 Å². The highest BCUT2D eigenvalue weighted by Gasteiger charge is 2.27. The molecule has 0 amide bonds. The Balaban J connectivity index is 2.03. The maximum absolute atomic E-state index is 12.0. The van der Waals surface area contributed by atoms with Crippen LogP contribution in [0, 0.1) is 5.92 Å². The van der Waals surface area contributed by atoms with E-state index in [9.17, 15) is 18.3 Å². The second kappa shape index (κ2) is 5.58. The molecule has 2 rings (SSSR count). The van der Waals surface area contributed by atoms with Crippen molar-refractivity contribution in [2.24, 2.45) is 5.92 Å². The van der Waals surface area contributed by atoms with Crippen LogP contribution in [0.25, 0.3) is 0 Å². The lowest BCUT2D eigenvalue weighted by Gasteiger charge is -2.14. The molecule has 1 aliphatic rings. The van der Waals surface area contributed by atoms with Crippen molar-refractivity contribution < 1.29 is 23.4 Å². The number of sulfonamides is 1. The number of aromatic carboxylic acids is 1. The Morgan fingerprint density at radius 3 is 2.74 bits per heavy atom. The van der Waals surface area contributed by atoms with E-state index in [-0.39, 0.29) is 22.2 Å². The zero-order valence-electron chi connectivity index (χ0n) is 10.1. The van der Waals surface area contributed by atoms with Crippen LogP contribution in [0.15, 0.2) is 16.3 Å². The predicted octanol–water partition coefficient (Wildman–Crippen LogP) is 0.886. The number of carboxylic acids is 1. The van der Waals surface area contributed by atoms with Crippen LogP contribution in [0.5, 0.6) is 0 Å². The van der Waals surface area contributed by atoms with Gasteiger partial charge in [0.05, 0.1) is 11.0 Å². The van der Waals surface area contributed by atoms with E-state index >= 15 is 0 Å².